The molecule has 0 saturated carbocycles. The number of carbonyl (C=O) groups excluding carboxylic acids is 2. The molecule has 0 aromatic carbocycles. The van der Waals surface area contributed by atoms with Gasteiger partial charge in [-0.3, -0.25) is 9.59 Å². The maximum absolute atomic E-state index is 12.2. The second kappa shape index (κ2) is 6.91. The summed E-state index contributed by atoms with van der Waals surface area (Å²) in [5, 5.41) is 3.21. The smallest absolute Gasteiger partial charge is 0.287 e. The van der Waals surface area contributed by atoms with Crippen LogP contribution in [0.25, 0.3) is 0 Å². The second-order valence-electron chi connectivity index (χ2n) is 4.95. The highest BCUT2D eigenvalue weighted by Gasteiger charge is 2.30. The number of methoxy groups -OCH3 is 1. The van der Waals surface area contributed by atoms with Crippen LogP contribution in [0.2, 0.25) is 5.15 Å². The van der Waals surface area contributed by atoms with Crippen molar-refractivity contribution >= 4 is 23.9 Å². The van der Waals surface area contributed by atoms with E-state index in [0.717, 1.165) is 12.1 Å². The third kappa shape index (κ3) is 3.54. The second-order valence-corrected chi connectivity index (χ2v) is 5.31. The van der Waals surface area contributed by atoms with Crippen LogP contribution < -0.4 is 5.32 Å². The van der Waals surface area contributed by atoms with Crippen molar-refractivity contribution in [3.05, 3.63) is 16.7 Å². The van der Waals surface area contributed by atoms with Crippen LogP contribution in [0.1, 0.15) is 29.7 Å². The van der Waals surface area contributed by atoms with Gasteiger partial charge in [-0.2, -0.15) is 0 Å². The predicted molar refractivity (Wildman–Crippen MR) is 77.3 cm³/mol. The van der Waals surface area contributed by atoms with E-state index < -0.39 is 0 Å². The van der Waals surface area contributed by atoms with Crippen molar-refractivity contribution in [3.63, 3.8) is 0 Å². The Morgan fingerprint density at radius 2 is 2.43 bits per heavy atom. The molecule has 1 unspecified atom stereocenters. The van der Waals surface area contributed by atoms with Crippen molar-refractivity contribution in [2.24, 2.45) is 0 Å². The third-order valence-corrected chi connectivity index (χ3v) is 3.97. The molecular weight excluding hydrogens is 296 g/mol. The lowest BCUT2D eigenvalue weighted by Crippen LogP contribution is -2.54. The molecule has 1 fully saturated rings. The summed E-state index contributed by atoms with van der Waals surface area (Å²) in [4.78, 5) is 31.6. The Morgan fingerprint density at radius 3 is 3.00 bits per heavy atom. The Morgan fingerprint density at radius 1 is 1.67 bits per heavy atom. The molecule has 7 nitrogen and oxygen atoms in total. The number of ether oxygens (including phenoxy) is 1. The number of aromatic amines is 1. The normalized spacial score (nSPS) is 22.1. The number of rotatable bonds is 5. The van der Waals surface area contributed by atoms with Gasteiger partial charge in [0, 0.05) is 20.2 Å². The van der Waals surface area contributed by atoms with Gasteiger partial charge in [-0.1, -0.05) is 18.5 Å². The Balaban J connectivity index is 2.02. The lowest BCUT2D eigenvalue weighted by molar-refractivity contribution is -0.122. The number of piperidine rings is 1. The number of hydrogen-bond acceptors (Lipinski definition) is 4. The van der Waals surface area contributed by atoms with E-state index in [9.17, 15) is 9.59 Å². The molecule has 2 atom stereocenters. The van der Waals surface area contributed by atoms with Gasteiger partial charge >= 0.3 is 0 Å². The molecule has 1 aromatic rings. The Labute approximate surface area is 128 Å². The molecule has 1 aliphatic heterocycles. The standard InChI is InChI=1S/C13H19ClN4O3/c1-3-8-11(14)17-12(15-8)13(20)16-9-4-5-18(7-19)6-10(9)21-2/h7,9-10H,3-6H2,1-2H3,(H,15,17)(H,16,20)/t9?,10-/m0/s1. The molecule has 21 heavy (non-hydrogen) atoms. The van der Waals surface area contributed by atoms with E-state index in [-0.39, 0.29) is 23.9 Å². The van der Waals surface area contributed by atoms with Crippen molar-refractivity contribution in [2.75, 3.05) is 20.2 Å². The van der Waals surface area contributed by atoms with Gasteiger partial charge in [0.1, 0.15) is 0 Å². The number of H-pyrrole nitrogens is 1. The highest BCUT2D eigenvalue weighted by molar-refractivity contribution is 6.30. The van der Waals surface area contributed by atoms with E-state index in [1.165, 1.54) is 0 Å². The van der Waals surface area contributed by atoms with E-state index in [1.807, 2.05) is 6.92 Å². The molecule has 2 heterocycles. The van der Waals surface area contributed by atoms with Crippen LogP contribution in [0.15, 0.2) is 0 Å². The molecule has 0 spiro atoms. The largest absolute Gasteiger partial charge is 0.377 e. The van der Waals surface area contributed by atoms with Crippen LogP contribution in [-0.4, -0.2) is 59.5 Å². The summed E-state index contributed by atoms with van der Waals surface area (Å²) < 4.78 is 5.35. The van der Waals surface area contributed by atoms with Gasteiger partial charge in [0.25, 0.3) is 5.91 Å². The summed E-state index contributed by atoms with van der Waals surface area (Å²) in [5.41, 5.74) is 0.737. The number of halogens is 1. The lowest BCUT2D eigenvalue weighted by Gasteiger charge is -2.36. The highest BCUT2D eigenvalue weighted by Crippen LogP contribution is 2.15. The number of amides is 2. The first-order valence-corrected chi connectivity index (χ1v) is 7.24. The molecule has 0 bridgehead atoms. The maximum Gasteiger partial charge on any atom is 0.287 e. The number of imidazole rings is 1. The number of likely N-dealkylation sites (tertiary alicyclic amines) is 1. The summed E-state index contributed by atoms with van der Waals surface area (Å²) in [6, 6.07) is -0.160. The van der Waals surface area contributed by atoms with Gasteiger partial charge in [-0.15, -0.1) is 0 Å². The molecule has 0 radical (unpaired) electrons. The minimum atomic E-state index is -0.316. The molecule has 8 heteroatoms. The van der Waals surface area contributed by atoms with Crippen LogP contribution in [0.3, 0.4) is 0 Å². The number of nitrogens with one attached hydrogen (secondary N) is 2. The van der Waals surface area contributed by atoms with Crippen molar-refractivity contribution in [2.45, 2.75) is 31.9 Å². The first-order valence-electron chi connectivity index (χ1n) is 6.86. The molecule has 2 rings (SSSR count). The molecule has 0 aliphatic carbocycles. The van der Waals surface area contributed by atoms with Gasteiger partial charge < -0.3 is 19.9 Å². The lowest BCUT2D eigenvalue weighted by atomic mass is 10.0. The van der Waals surface area contributed by atoms with Crippen molar-refractivity contribution in [1.82, 2.24) is 20.2 Å². The zero-order valence-electron chi connectivity index (χ0n) is 12.1. The SMILES string of the molecule is CCc1[nH]c(C(=O)NC2CCN(C=O)C[C@@H]2OC)nc1Cl. The number of carbonyl (C=O) groups is 2. The number of aromatic nitrogens is 2. The average molecular weight is 315 g/mol. The number of hydrogen-bond donors (Lipinski definition) is 2. The first-order chi connectivity index (χ1) is 10.1. The quantitative estimate of drug-likeness (QED) is 0.779. The van der Waals surface area contributed by atoms with Crippen LogP contribution in [0.5, 0.6) is 0 Å². The average Bonchev–Trinajstić information content (AvgIpc) is 2.88. The van der Waals surface area contributed by atoms with E-state index in [1.54, 1.807) is 12.0 Å². The van der Waals surface area contributed by atoms with Crippen LogP contribution >= 0.6 is 11.6 Å². The van der Waals surface area contributed by atoms with Crippen LogP contribution in [0, 0.1) is 0 Å². The molecule has 2 amide bonds. The first kappa shape index (κ1) is 15.8. The zero-order chi connectivity index (χ0) is 15.4. The van der Waals surface area contributed by atoms with E-state index >= 15 is 0 Å². The van der Waals surface area contributed by atoms with E-state index in [0.29, 0.717) is 31.1 Å². The molecular formula is C13H19ClN4O3. The fourth-order valence-corrected chi connectivity index (χ4v) is 2.67. The molecule has 1 saturated heterocycles. The van der Waals surface area contributed by atoms with Gasteiger partial charge in [-0.05, 0) is 12.8 Å². The summed E-state index contributed by atoms with van der Waals surface area (Å²) in [7, 11) is 1.57. The van der Waals surface area contributed by atoms with E-state index in [4.69, 9.17) is 16.3 Å². The Hall–Kier alpha value is -1.60. The fourth-order valence-electron chi connectivity index (χ4n) is 2.41. The monoisotopic (exact) mass is 314 g/mol. The van der Waals surface area contributed by atoms with Gasteiger partial charge in [0.15, 0.2) is 11.0 Å². The maximum atomic E-state index is 12.2. The summed E-state index contributed by atoms with van der Waals surface area (Å²) in [6.07, 6.45) is 1.88. The summed E-state index contributed by atoms with van der Waals surface area (Å²) >= 11 is 5.93. The van der Waals surface area contributed by atoms with Crippen molar-refractivity contribution in [1.29, 1.82) is 0 Å². The van der Waals surface area contributed by atoms with E-state index in [2.05, 4.69) is 15.3 Å². The van der Waals surface area contributed by atoms with Gasteiger partial charge in [0.05, 0.1) is 17.8 Å². The topological polar surface area (TPSA) is 87.3 Å². The fraction of sp³-hybridized carbons (Fsp3) is 0.615. The minimum Gasteiger partial charge on any atom is -0.377 e. The van der Waals surface area contributed by atoms with Gasteiger partial charge in [-0.25, -0.2) is 4.98 Å². The third-order valence-electron chi connectivity index (χ3n) is 3.66. The summed E-state index contributed by atoms with van der Waals surface area (Å²) in [5.74, 6) is -0.118. The van der Waals surface area contributed by atoms with Crippen molar-refractivity contribution < 1.29 is 14.3 Å². The Bertz CT molecular complexity index is 520. The van der Waals surface area contributed by atoms with Crippen molar-refractivity contribution in [3.8, 4) is 0 Å². The number of nitrogens with zero attached hydrogens (tertiary/aromatic N) is 2. The summed E-state index contributed by atoms with van der Waals surface area (Å²) in [6.45, 7) is 2.98. The number of aryl methyl sites for hydroxylation is 1. The predicted octanol–water partition coefficient (Wildman–Crippen LogP) is 0.601. The highest BCUT2D eigenvalue weighted by atomic mass is 35.5. The molecule has 2 N–H and O–H groups in total. The van der Waals surface area contributed by atoms with Crippen LogP contribution in [0.4, 0.5) is 0 Å². The molecule has 1 aromatic heterocycles. The molecule has 116 valence electrons. The minimum absolute atomic E-state index is 0.160. The molecule has 1 aliphatic rings. The van der Waals surface area contributed by atoms with Crippen LogP contribution in [-0.2, 0) is 16.0 Å². The Kier molecular flexibility index (Phi) is 5.19. The zero-order valence-corrected chi connectivity index (χ0v) is 12.8. The van der Waals surface area contributed by atoms with Gasteiger partial charge in [0.2, 0.25) is 6.41 Å².